The lowest BCUT2D eigenvalue weighted by molar-refractivity contribution is 0.238. The predicted molar refractivity (Wildman–Crippen MR) is 93.2 cm³/mol. The smallest absolute Gasteiger partial charge is 0.244 e. The molecule has 0 bridgehead atoms. The Morgan fingerprint density at radius 1 is 1.00 bits per heavy atom. The number of rotatable bonds is 5. The van der Waals surface area contributed by atoms with Crippen LogP contribution in [0.5, 0.6) is 0 Å². The van der Waals surface area contributed by atoms with Crippen LogP contribution in [-0.4, -0.2) is 30.9 Å². The van der Waals surface area contributed by atoms with Gasteiger partial charge in [-0.1, -0.05) is 66.3 Å². The summed E-state index contributed by atoms with van der Waals surface area (Å²) in [6.07, 6.45) is 4.30. The Morgan fingerprint density at radius 3 is 2.17 bits per heavy atom. The predicted octanol–water partition coefficient (Wildman–Crippen LogP) is 2.05. The number of hydrogen-bond acceptors (Lipinski definition) is 3. The first-order chi connectivity index (χ1) is 11.6. The van der Waals surface area contributed by atoms with E-state index < -0.39 is 16.1 Å². The Balaban J connectivity index is 2.16. The van der Waals surface area contributed by atoms with Crippen LogP contribution in [0.15, 0.2) is 65.6 Å². The summed E-state index contributed by atoms with van der Waals surface area (Å²) in [6.45, 7) is -0.182. The van der Waals surface area contributed by atoms with Crippen molar-refractivity contribution in [2.24, 2.45) is 0 Å². The number of aliphatic hydroxyl groups excluding tert-OH is 1. The molecule has 2 aromatic carbocycles. The van der Waals surface area contributed by atoms with Crippen LogP contribution in [-0.2, 0) is 10.0 Å². The van der Waals surface area contributed by atoms with E-state index >= 15 is 0 Å². The van der Waals surface area contributed by atoms with E-state index in [9.17, 15) is 13.5 Å². The van der Waals surface area contributed by atoms with Crippen molar-refractivity contribution in [3.8, 4) is 24.2 Å². The molecule has 24 heavy (non-hydrogen) atoms. The zero-order chi connectivity index (χ0) is 17.4. The van der Waals surface area contributed by atoms with E-state index in [-0.39, 0.29) is 18.0 Å². The second kappa shape index (κ2) is 8.33. The van der Waals surface area contributed by atoms with Gasteiger partial charge in [0.15, 0.2) is 0 Å². The van der Waals surface area contributed by atoms with Crippen LogP contribution in [0.1, 0.15) is 11.7 Å². The van der Waals surface area contributed by atoms with E-state index in [1.807, 2.05) is 6.07 Å². The number of benzene rings is 2. The molecule has 0 aliphatic carbocycles. The van der Waals surface area contributed by atoms with E-state index in [1.54, 1.807) is 42.5 Å². The zero-order valence-corrected chi connectivity index (χ0v) is 13.8. The van der Waals surface area contributed by atoms with Gasteiger partial charge in [0.05, 0.1) is 18.0 Å². The third-order valence-corrected chi connectivity index (χ3v) is 5.06. The first-order valence-electron chi connectivity index (χ1n) is 7.26. The van der Waals surface area contributed by atoms with Crippen molar-refractivity contribution in [2.75, 3.05) is 13.1 Å². The molecular weight excluding hydrogens is 322 g/mol. The van der Waals surface area contributed by atoms with Crippen LogP contribution in [0.4, 0.5) is 0 Å². The number of hydrogen-bond donors (Lipinski definition) is 1. The topological polar surface area (TPSA) is 57.6 Å². The standard InChI is InChI=1S/C19H17NO3S/c1-2-15-20(24(22,23)18-12-7-4-8-13-18)16-9-14-19(21)17-10-5-3-6-11-17/h1,3-8,10-13,19,21H,15-16H2. The van der Waals surface area contributed by atoms with Gasteiger partial charge >= 0.3 is 0 Å². The minimum Gasteiger partial charge on any atom is -0.376 e. The van der Waals surface area contributed by atoms with Crippen LogP contribution in [0.25, 0.3) is 0 Å². The quantitative estimate of drug-likeness (QED) is 0.848. The molecule has 0 aliphatic rings. The summed E-state index contributed by atoms with van der Waals surface area (Å²) in [5.74, 6) is 7.67. The Bertz CT molecular complexity index is 860. The van der Waals surface area contributed by atoms with Gasteiger partial charge in [-0.3, -0.25) is 0 Å². The molecule has 0 aromatic heterocycles. The van der Waals surface area contributed by atoms with Crippen LogP contribution in [0.2, 0.25) is 0 Å². The fourth-order valence-corrected chi connectivity index (χ4v) is 3.30. The third-order valence-electron chi connectivity index (χ3n) is 3.26. The highest BCUT2D eigenvalue weighted by Crippen LogP contribution is 2.15. The van der Waals surface area contributed by atoms with Crippen molar-refractivity contribution in [1.82, 2.24) is 4.31 Å². The Morgan fingerprint density at radius 2 is 1.58 bits per heavy atom. The van der Waals surface area contributed by atoms with Gasteiger partial charge < -0.3 is 5.11 Å². The third kappa shape index (κ3) is 4.47. The average molecular weight is 339 g/mol. The van der Waals surface area contributed by atoms with Crippen molar-refractivity contribution in [1.29, 1.82) is 0 Å². The minimum absolute atomic E-state index is 0.0899. The SMILES string of the molecule is C#CCN(CC#CC(O)c1ccccc1)S(=O)(=O)c1ccccc1. The van der Waals surface area contributed by atoms with Gasteiger partial charge in [-0.25, -0.2) is 8.42 Å². The average Bonchev–Trinajstić information content (AvgIpc) is 2.62. The van der Waals surface area contributed by atoms with Crippen molar-refractivity contribution in [3.05, 3.63) is 66.2 Å². The lowest BCUT2D eigenvalue weighted by Gasteiger charge is -2.17. The zero-order valence-electron chi connectivity index (χ0n) is 13.0. The van der Waals surface area contributed by atoms with Gasteiger partial charge in [0.2, 0.25) is 10.0 Å². The molecule has 122 valence electrons. The number of terminal acetylenes is 1. The van der Waals surface area contributed by atoms with Crippen LogP contribution in [0, 0.1) is 24.2 Å². The molecule has 5 heteroatoms. The van der Waals surface area contributed by atoms with Crippen LogP contribution < -0.4 is 0 Å². The number of aliphatic hydroxyl groups is 1. The molecule has 0 radical (unpaired) electrons. The first-order valence-corrected chi connectivity index (χ1v) is 8.70. The summed E-state index contributed by atoms with van der Waals surface area (Å²) in [7, 11) is -3.72. The summed E-state index contributed by atoms with van der Waals surface area (Å²) in [5, 5.41) is 10.0. The maximum Gasteiger partial charge on any atom is 0.244 e. The molecular formula is C19H17NO3S. The maximum absolute atomic E-state index is 12.6. The highest BCUT2D eigenvalue weighted by atomic mass is 32.2. The van der Waals surface area contributed by atoms with Crippen molar-refractivity contribution >= 4 is 10.0 Å². The molecule has 1 atom stereocenters. The Labute approximate surface area is 142 Å². The molecule has 1 N–H and O–H groups in total. The van der Waals surface area contributed by atoms with E-state index in [1.165, 1.54) is 12.1 Å². The summed E-state index contributed by atoms with van der Waals surface area (Å²) < 4.78 is 26.2. The highest BCUT2D eigenvalue weighted by Gasteiger charge is 2.22. The largest absolute Gasteiger partial charge is 0.376 e. The van der Waals surface area contributed by atoms with E-state index in [0.29, 0.717) is 5.56 Å². The Hall–Kier alpha value is -2.57. The molecule has 0 aliphatic heterocycles. The minimum atomic E-state index is -3.72. The second-order valence-electron chi connectivity index (χ2n) is 4.92. The van der Waals surface area contributed by atoms with Crippen molar-refractivity contribution in [2.45, 2.75) is 11.0 Å². The molecule has 2 aromatic rings. The highest BCUT2D eigenvalue weighted by molar-refractivity contribution is 7.89. The van der Waals surface area contributed by atoms with E-state index in [2.05, 4.69) is 17.8 Å². The van der Waals surface area contributed by atoms with Crippen molar-refractivity contribution in [3.63, 3.8) is 0 Å². The molecule has 2 rings (SSSR count). The molecule has 0 saturated carbocycles. The molecule has 0 fully saturated rings. The summed E-state index contributed by atoms with van der Waals surface area (Å²) in [6, 6.07) is 17.0. The Kier molecular flexibility index (Phi) is 6.17. The molecule has 1 unspecified atom stereocenters. The normalized spacial score (nSPS) is 12.0. The number of sulfonamides is 1. The molecule has 4 nitrogen and oxygen atoms in total. The summed E-state index contributed by atoms with van der Waals surface area (Å²) >= 11 is 0. The molecule has 0 heterocycles. The van der Waals surface area contributed by atoms with Crippen LogP contribution >= 0.6 is 0 Å². The fourth-order valence-electron chi connectivity index (χ4n) is 2.02. The van der Waals surface area contributed by atoms with Gasteiger partial charge in [0.25, 0.3) is 0 Å². The lowest BCUT2D eigenvalue weighted by atomic mass is 10.1. The van der Waals surface area contributed by atoms with Gasteiger partial charge in [0, 0.05) is 0 Å². The number of nitrogens with zero attached hydrogens (tertiary/aromatic N) is 1. The fraction of sp³-hybridized carbons (Fsp3) is 0.158. The molecule has 0 spiro atoms. The van der Waals surface area contributed by atoms with Gasteiger partial charge in [-0.05, 0) is 17.7 Å². The summed E-state index contributed by atoms with van der Waals surface area (Å²) in [4.78, 5) is 0.158. The molecule has 0 saturated heterocycles. The monoisotopic (exact) mass is 339 g/mol. The van der Waals surface area contributed by atoms with Gasteiger partial charge in [0.1, 0.15) is 6.10 Å². The summed E-state index contributed by atoms with van der Waals surface area (Å²) in [5.41, 5.74) is 0.652. The first kappa shape index (κ1) is 17.8. The van der Waals surface area contributed by atoms with Crippen molar-refractivity contribution < 1.29 is 13.5 Å². The van der Waals surface area contributed by atoms with Gasteiger partial charge in [-0.15, -0.1) is 6.42 Å². The lowest BCUT2D eigenvalue weighted by Crippen LogP contribution is -2.32. The van der Waals surface area contributed by atoms with E-state index in [4.69, 9.17) is 6.42 Å². The van der Waals surface area contributed by atoms with Crippen LogP contribution in [0.3, 0.4) is 0 Å². The van der Waals surface area contributed by atoms with E-state index in [0.717, 1.165) is 4.31 Å². The maximum atomic E-state index is 12.6. The van der Waals surface area contributed by atoms with Gasteiger partial charge in [-0.2, -0.15) is 4.31 Å². The molecule has 0 amide bonds. The second-order valence-corrected chi connectivity index (χ2v) is 6.86.